The summed E-state index contributed by atoms with van der Waals surface area (Å²) in [5.74, 6) is -0.672. The van der Waals surface area contributed by atoms with Crippen LogP contribution in [0.5, 0.6) is 0 Å². The van der Waals surface area contributed by atoms with E-state index >= 15 is 4.39 Å². The van der Waals surface area contributed by atoms with Crippen molar-refractivity contribution >= 4 is 86.8 Å². The second-order valence-electron chi connectivity index (χ2n) is 19.2. The summed E-state index contributed by atoms with van der Waals surface area (Å²) in [6.07, 6.45) is 2.28. The summed E-state index contributed by atoms with van der Waals surface area (Å²) in [4.78, 5) is 5.15. The molecule has 0 amide bonds. The van der Waals surface area contributed by atoms with Crippen molar-refractivity contribution in [1.82, 2.24) is 9.47 Å². The third kappa shape index (κ3) is 12.8. The zero-order valence-electron chi connectivity index (χ0n) is 42.0. The van der Waals surface area contributed by atoms with Crippen molar-refractivity contribution in [3.8, 4) is 22.4 Å². The van der Waals surface area contributed by atoms with E-state index in [1.165, 1.54) is 42.1 Å². The lowest BCUT2D eigenvalue weighted by atomic mass is 9.99. The highest BCUT2D eigenvalue weighted by Crippen LogP contribution is 2.46. The number of aromatic nitrogens is 1. The van der Waals surface area contributed by atoms with Crippen LogP contribution < -0.4 is 19.8 Å². The molecule has 6 aromatic rings. The number of benzene rings is 5. The number of sulfonamides is 1. The topological polar surface area (TPSA) is 161 Å². The zero-order chi connectivity index (χ0) is 54.9. The van der Waals surface area contributed by atoms with Gasteiger partial charge in [-0.25, -0.2) is 34.0 Å². The SMILES string of the molecule is Cc1c(S(C)(=O)=O)c(-c2cc(N3CCN(c4ccc(NS(=O)(=O)c5ccc(N[C@H](CCN6CCC(O)CC6)CSc6ccccc6)c(S(=O)(=O)C(F)(F)F)c5)cc4)CC3)cc(F)c2I)c(-c2ccc(F)cc2)n1C(C)C. The molecule has 0 spiro atoms. The molecule has 2 fully saturated rings. The number of rotatable bonds is 18. The molecule has 2 saturated heterocycles. The lowest BCUT2D eigenvalue weighted by Gasteiger charge is -2.37. The first kappa shape index (κ1) is 57.3. The number of aliphatic hydroxyl groups is 1. The number of halogens is 6. The molecule has 0 aliphatic carbocycles. The van der Waals surface area contributed by atoms with Crippen LogP contribution in [-0.2, 0) is 29.7 Å². The van der Waals surface area contributed by atoms with E-state index in [9.17, 15) is 47.9 Å². The summed E-state index contributed by atoms with van der Waals surface area (Å²) >= 11 is 3.32. The van der Waals surface area contributed by atoms with Gasteiger partial charge in [0.25, 0.3) is 19.9 Å². The van der Waals surface area contributed by atoms with Crippen molar-refractivity contribution in [2.45, 2.75) is 83.3 Å². The van der Waals surface area contributed by atoms with Gasteiger partial charge in [-0.05, 0) is 159 Å². The van der Waals surface area contributed by atoms with Crippen LogP contribution in [0.25, 0.3) is 22.4 Å². The predicted octanol–water partition coefficient (Wildman–Crippen LogP) is 10.8. The second kappa shape index (κ2) is 23.2. The summed E-state index contributed by atoms with van der Waals surface area (Å²) in [6, 6.07) is 26.4. The van der Waals surface area contributed by atoms with E-state index in [1.807, 2.05) is 81.1 Å². The lowest BCUT2D eigenvalue weighted by molar-refractivity contribution is -0.0435. The maximum Gasteiger partial charge on any atom is 0.501 e. The molecule has 3 heterocycles. The number of piperidine rings is 1. The largest absolute Gasteiger partial charge is 0.501 e. The van der Waals surface area contributed by atoms with E-state index in [2.05, 4.69) is 14.9 Å². The van der Waals surface area contributed by atoms with Crippen LogP contribution in [0.1, 0.15) is 44.8 Å². The van der Waals surface area contributed by atoms with Crippen LogP contribution in [0, 0.1) is 22.1 Å². The van der Waals surface area contributed by atoms with Gasteiger partial charge in [0, 0.05) is 109 Å². The Labute approximate surface area is 458 Å². The molecule has 1 aromatic heterocycles. The normalized spacial score (nSPS) is 15.8. The summed E-state index contributed by atoms with van der Waals surface area (Å²) in [7, 11) is -14.6. The average Bonchev–Trinajstić information content (AvgIpc) is 3.71. The first-order chi connectivity index (χ1) is 35.8. The number of hydrogen-bond acceptors (Lipinski definition) is 12. The molecule has 13 nitrogen and oxygen atoms in total. The van der Waals surface area contributed by atoms with Crippen LogP contribution in [0.15, 0.2) is 129 Å². The summed E-state index contributed by atoms with van der Waals surface area (Å²) in [6.45, 7) is 9.01. The number of nitrogens with zero attached hydrogens (tertiary/aromatic N) is 4. The molecule has 2 aliphatic rings. The monoisotopic (exact) mass is 1240 g/mol. The number of aliphatic hydroxyl groups excluding tert-OH is 1. The van der Waals surface area contributed by atoms with Crippen molar-refractivity contribution in [2.24, 2.45) is 0 Å². The third-order valence-electron chi connectivity index (χ3n) is 13.6. The van der Waals surface area contributed by atoms with E-state index in [1.54, 1.807) is 37.3 Å². The Hall–Kier alpha value is -4.92. The quantitative estimate of drug-likeness (QED) is 0.0425. The van der Waals surface area contributed by atoms with E-state index in [0.29, 0.717) is 116 Å². The molecule has 408 valence electrons. The highest BCUT2D eigenvalue weighted by atomic mass is 127. The molecule has 5 aromatic carbocycles. The van der Waals surface area contributed by atoms with Gasteiger partial charge in [-0.2, -0.15) is 13.2 Å². The van der Waals surface area contributed by atoms with Gasteiger partial charge in [-0.1, -0.05) is 18.2 Å². The van der Waals surface area contributed by atoms with Gasteiger partial charge in [-0.3, -0.25) is 4.72 Å². The zero-order valence-corrected chi connectivity index (χ0v) is 47.4. The fourth-order valence-electron chi connectivity index (χ4n) is 9.79. The van der Waals surface area contributed by atoms with Crippen LogP contribution >= 0.6 is 34.4 Å². The molecule has 8 rings (SSSR count). The molecule has 0 unspecified atom stereocenters. The smallest absolute Gasteiger partial charge is 0.393 e. The van der Waals surface area contributed by atoms with E-state index < -0.39 is 74.5 Å². The van der Waals surface area contributed by atoms with Crippen molar-refractivity contribution in [3.05, 3.63) is 130 Å². The number of alkyl halides is 3. The Kier molecular flexibility index (Phi) is 17.5. The molecule has 0 bridgehead atoms. The number of likely N-dealkylation sites (tertiary alicyclic amines) is 1. The number of thioether (sulfide) groups is 1. The second-order valence-corrected chi connectivity index (χ2v) is 26.9. The Morgan fingerprint density at radius 3 is 2.00 bits per heavy atom. The molecular formula is C53H58F5IN6O7S4. The van der Waals surface area contributed by atoms with Gasteiger partial charge >= 0.3 is 5.51 Å². The number of sulfone groups is 2. The van der Waals surface area contributed by atoms with Crippen LogP contribution in [0.3, 0.4) is 0 Å². The minimum absolute atomic E-state index is 0.0519. The molecule has 1 atom stereocenters. The molecule has 76 heavy (non-hydrogen) atoms. The average molecular weight is 1240 g/mol. The predicted molar refractivity (Wildman–Crippen MR) is 298 cm³/mol. The molecule has 3 N–H and O–H groups in total. The Balaban J connectivity index is 0.996. The lowest BCUT2D eigenvalue weighted by Crippen LogP contribution is -2.46. The van der Waals surface area contributed by atoms with Gasteiger partial charge < -0.3 is 29.7 Å². The third-order valence-corrected chi connectivity index (χ3v) is 20.0. The van der Waals surface area contributed by atoms with Crippen molar-refractivity contribution in [1.29, 1.82) is 0 Å². The highest BCUT2D eigenvalue weighted by molar-refractivity contribution is 14.1. The van der Waals surface area contributed by atoms with E-state index in [4.69, 9.17) is 0 Å². The van der Waals surface area contributed by atoms with Gasteiger partial charge in [0.05, 0.1) is 30.8 Å². The molecule has 0 saturated carbocycles. The number of piperazine rings is 1. The molecule has 0 radical (unpaired) electrons. The number of nitrogens with one attached hydrogen (secondary N) is 2. The summed E-state index contributed by atoms with van der Waals surface area (Å²) in [5.41, 5.74) is -2.62. The van der Waals surface area contributed by atoms with Gasteiger partial charge in [-0.15, -0.1) is 11.8 Å². The van der Waals surface area contributed by atoms with Crippen molar-refractivity contribution < 1.29 is 52.3 Å². The minimum atomic E-state index is -6.06. The minimum Gasteiger partial charge on any atom is -0.393 e. The molecular weight excluding hydrogens is 1180 g/mol. The van der Waals surface area contributed by atoms with Gasteiger partial charge in [0.15, 0.2) is 9.84 Å². The fourth-order valence-corrected chi connectivity index (χ4v) is 14.7. The standard InChI is InChI=1S/C53H58F5IN6O7S4/c1-34(2)65-35(3)52(74(4,67)68)49(51(65)36-10-12-37(54)13-11-36)45-30-41(31-46(55)50(45)59)64-28-26-63(27-29-64)40-16-14-38(15-17-40)61-76(71,72)44-18-19-47(48(32-44)75(69,70)53(56,57)58)60-39(33-73-43-8-6-5-7-9-43)20-23-62-24-21-42(66)22-25-62/h5-19,30-32,34,39,42,60-61,66H,20-29,33H2,1-4H3/t39-/m1/s1. The summed E-state index contributed by atoms with van der Waals surface area (Å²) in [5, 5.41) is 13.0. The fraction of sp³-hybridized carbons (Fsp3) is 0.358. The Morgan fingerprint density at radius 2 is 1.41 bits per heavy atom. The van der Waals surface area contributed by atoms with Crippen LogP contribution in [0.2, 0.25) is 0 Å². The van der Waals surface area contributed by atoms with E-state index in [-0.39, 0.29) is 20.2 Å². The number of anilines is 4. The number of hydrogen-bond donors (Lipinski definition) is 3. The van der Waals surface area contributed by atoms with Crippen LogP contribution in [-0.4, -0.2) is 115 Å². The maximum atomic E-state index is 16.1. The van der Waals surface area contributed by atoms with E-state index in [0.717, 1.165) is 23.3 Å². The van der Waals surface area contributed by atoms with Crippen molar-refractivity contribution in [2.75, 3.05) is 77.7 Å². The summed E-state index contributed by atoms with van der Waals surface area (Å²) < 4.78 is 159. The first-order valence-electron chi connectivity index (χ1n) is 24.5. The first-order valence-corrected chi connectivity index (χ1v) is 31.4. The van der Waals surface area contributed by atoms with Crippen LogP contribution in [0.4, 0.5) is 44.7 Å². The Morgan fingerprint density at radius 1 is 0.789 bits per heavy atom. The van der Waals surface area contributed by atoms with Gasteiger partial charge in [0.2, 0.25) is 0 Å². The van der Waals surface area contributed by atoms with Crippen molar-refractivity contribution in [3.63, 3.8) is 0 Å². The molecule has 2 aliphatic heterocycles. The highest BCUT2D eigenvalue weighted by Gasteiger charge is 2.48. The Bertz CT molecular complexity index is 3390. The molecule has 23 heteroatoms. The van der Waals surface area contributed by atoms with Gasteiger partial charge in [0.1, 0.15) is 16.5 Å². The maximum absolute atomic E-state index is 16.1.